The average molecular weight is 322 g/mol. The lowest BCUT2D eigenvalue weighted by atomic mass is 10.2. The van der Waals surface area contributed by atoms with Crippen molar-refractivity contribution >= 4 is 34.6 Å². The van der Waals surface area contributed by atoms with E-state index in [-0.39, 0.29) is 23.5 Å². The molecular formula is C15H18N2O4S. The molecule has 118 valence electrons. The summed E-state index contributed by atoms with van der Waals surface area (Å²) in [4.78, 5) is 34.8. The standard InChI is InChI=1S/C15H18N2O4S/c18-13(21-14(19)12-7-4-9-16-12)8-10-22-15(20)17-11-5-2-1-3-6-11/h1-3,5-6,12,16H,4,7-10H2,(H,17,20)/t12-/m0/s1. The highest BCUT2D eigenvalue weighted by molar-refractivity contribution is 8.13. The summed E-state index contributed by atoms with van der Waals surface area (Å²) in [6.07, 6.45) is 1.62. The van der Waals surface area contributed by atoms with E-state index >= 15 is 0 Å². The van der Waals surface area contributed by atoms with Crippen LogP contribution in [0, 0.1) is 0 Å². The fourth-order valence-corrected chi connectivity index (χ4v) is 2.67. The molecule has 22 heavy (non-hydrogen) atoms. The van der Waals surface area contributed by atoms with E-state index in [0.717, 1.165) is 24.7 Å². The van der Waals surface area contributed by atoms with Crippen molar-refractivity contribution in [1.29, 1.82) is 0 Å². The van der Waals surface area contributed by atoms with Crippen molar-refractivity contribution in [3.8, 4) is 0 Å². The third kappa shape index (κ3) is 5.50. The van der Waals surface area contributed by atoms with Gasteiger partial charge in [-0.3, -0.25) is 9.59 Å². The Morgan fingerprint density at radius 2 is 2.05 bits per heavy atom. The summed E-state index contributed by atoms with van der Waals surface area (Å²) in [6.45, 7) is 0.767. The van der Waals surface area contributed by atoms with Crippen LogP contribution >= 0.6 is 11.8 Å². The molecular weight excluding hydrogens is 304 g/mol. The van der Waals surface area contributed by atoms with Gasteiger partial charge in [0.05, 0.1) is 6.42 Å². The Morgan fingerprint density at radius 1 is 1.27 bits per heavy atom. The fraction of sp³-hybridized carbons (Fsp3) is 0.400. The fourth-order valence-electron chi connectivity index (χ4n) is 2.02. The Balaban J connectivity index is 1.62. The number of rotatable bonds is 5. The number of carbonyl (C=O) groups is 3. The summed E-state index contributed by atoms with van der Waals surface area (Å²) in [5, 5.41) is 5.42. The van der Waals surface area contributed by atoms with Gasteiger partial charge < -0.3 is 15.4 Å². The molecule has 1 amide bonds. The number of anilines is 1. The van der Waals surface area contributed by atoms with E-state index < -0.39 is 11.9 Å². The van der Waals surface area contributed by atoms with E-state index in [1.165, 1.54) is 0 Å². The third-order valence-corrected chi connectivity index (χ3v) is 3.89. The molecule has 1 saturated heterocycles. The number of nitrogens with one attached hydrogen (secondary N) is 2. The van der Waals surface area contributed by atoms with E-state index in [4.69, 9.17) is 4.74 Å². The molecule has 1 fully saturated rings. The van der Waals surface area contributed by atoms with Crippen LogP contribution in [-0.4, -0.2) is 35.5 Å². The van der Waals surface area contributed by atoms with Crippen LogP contribution in [0.25, 0.3) is 0 Å². The van der Waals surface area contributed by atoms with Crippen LogP contribution in [0.1, 0.15) is 19.3 Å². The highest BCUT2D eigenvalue weighted by Crippen LogP contribution is 2.12. The van der Waals surface area contributed by atoms with Crippen molar-refractivity contribution in [3.63, 3.8) is 0 Å². The maximum atomic E-state index is 11.6. The van der Waals surface area contributed by atoms with Crippen LogP contribution in [0.4, 0.5) is 10.5 Å². The second-order valence-corrected chi connectivity index (χ2v) is 5.89. The average Bonchev–Trinajstić information content (AvgIpc) is 3.02. The van der Waals surface area contributed by atoms with Gasteiger partial charge in [0.25, 0.3) is 5.24 Å². The number of hydrogen-bond donors (Lipinski definition) is 2. The van der Waals surface area contributed by atoms with Crippen LogP contribution in [0.15, 0.2) is 30.3 Å². The first-order valence-electron chi connectivity index (χ1n) is 7.12. The number of hydrogen-bond acceptors (Lipinski definition) is 6. The molecule has 2 rings (SSSR count). The highest BCUT2D eigenvalue weighted by Gasteiger charge is 2.25. The molecule has 0 aromatic heterocycles. The van der Waals surface area contributed by atoms with Crippen LogP contribution < -0.4 is 10.6 Å². The maximum absolute atomic E-state index is 11.6. The highest BCUT2D eigenvalue weighted by atomic mass is 32.2. The number of amides is 1. The first-order valence-corrected chi connectivity index (χ1v) is 8.10. The molecule has 0 spiro atoms. The Morgan fingerprint density at radius 3 is 2.73 bits per heavy atom. The molecule has 1 aliphatic heterocycles. The molecule has 0 saturated carbocycles. The number of para-hydroxylation sites is 1. The van der Waals surface area contributed by atoms with Gasteiger partial charge in [0.15, 0.2) is 0 Å². The van der Waals surface area contributed by atoms with Gasteiger partial charge >= 0.3 is 11.9 Å². The summed E-state index contributed by atoms with van der Waals surface area (Å²) in [6, 6.07) is 8.67. The SMILES string of the molecule is O=C(CCSC(=O)Nc1ccccc1)OC(=O)[C@@H]1CCCN1. The number of ether oxygens (including phenoxy) is 1. The molecule has 1 heterocycles. The number of esters is 2. The van der Waals surface area contributed by atoms with E-state index in [1.807, 2.05) is 18.2 Å². The number of carbonyl (C=O) groups excluding carboxylic acids is 3. The number of benzene rings is 1. The van der Waals surface area contributed by atoms with E-state index in [2.05, 4.69) is 10.6 Å². The van der Waals surface area contributed by atoms with Gasteiger partial charge in [-0.2, -0.15) is 0 Å². The Kier molecular flexibility index (Phi) is 6.42. The van der Waals surface area contributed by atoms with Crippen molar-refractivity contribution in [1.82, 2.24) is 5.32 Å². The molecule has 1 aliphatic rings. The Bertz CT molecular complexity index is 530. The Hall–Kier alpha value is -1.86. The predicted octanol–water partition coefficient (Wildman–Crippen LogP) is 2.16. The van der Waals surface area contributed by atoms with Crippen molar-refractivity contribution < 1.29 is 19.1 Å². The monoisotopic (exact) mass is 322 g/mol. The third-order valence-electron chi connectivity index (χ3n) is 3.12. The molecule has 0 bridgehead atoms. The molecule has 0 radical (unpaired) electrons. The van der Waals surface area contributed by atoms with Gasteiger partial charge in [0.2, 0.25) is 0 Å². The van der Waals surface area contributed by atoms with Gasteiger partial charge in [-0.25, -0.2) is 4.79 Å². The predicted molar refractivity (Wildman–Crippen MR) is 84.7 cm³/mol. The zero-order valence-corrected chi connectivity index (χ0v) is 12.9. The van der Waals surface area contributed by atoms with E-state index in [1.54, 1.807) is 12.1 Å². The normalized spacial score (nSPS) is 17.0. The van der Waals surface area contributed by atoms with Gasteiger partial charge in [-0.1, -0.05) is 30.0 Å². The molecule has 1 atom stereocenters. The molecule has 1 aromatic carbocycles. The van der Waals surface area contributed by atoms with Crippen molar-refractivity contribution in [2.75, 3.05) is 17.6 Å². The van der Waals surface area contributed by atoms with Crippen LogP contribution in [0.3, 0.4) is 0 Å². The molecule has 7 heteroatoms. The number of thioether (sulfide) groups is 1. The first-order chi connectivity index (χ1) is 10.6. The summed E-state index contributed by atoms with van der Waals surface area (Å²) >= 11 is 0.981. The summed E-state index contributed by atoms with van der Waals surface area (Å²) in [5.74, 6) is -0.858. The maximum Gasteiger partial charge on any atom is 0.330 e. The van der Waals surface area contributed by atoms with Crippen LogP contribution in [0.2, 0.25) is 0 Å². The van der Waals surface area contributed by atoms with Crippen LogP contribution in [-0.2, 0) is 14.3 Å². The lowest BCUT2D eigenvalue weighted by Crippen LogP contribution is -2.33. The summed E-state index contributed by atoms with van der Waals surface area (Å²) in [7, 11) is 0. The van der Waals surface area contributed by atoms with Crippen molar-refractivity contribution in [3.05, 3.63) is 30.3 Å². The quantitative estimate of drug-likeness (QED) is 0.638. The lowest BCUT2D eigenvalue weighted by Gasteiger charge is -2.08. The first kappa shape index (κ1) is 16.5. The van der Waals surface area contributed by atoms with E-state index in [0.29, 0.717) is 12.1 Å². The molecule has 0 aliphatic carbocycles. The van der Waals surface area contributed by atoms with Crippen molar-refractivity contribution in [2.45, 2.75) is 25.3 Å². The largest absolute Gasteiger partial charge is 0.392 e. The smallest absolute Gasteiger partial charge is 0.330 e. The molecule has 2 N–H and O–H groups in total. The molecule has 1 aromatic rings. The Labute approximate surface area is 133 Å². The minimum atomic E-state index is -0.598. The molecule has 0 unspecified atom stereocenters. The molecule has 6 nitrogen and oxygen atoms in total. The van der Waals surface area contributed by atoms with Crippen molar-refractivity contribution in [2.24, 2.45) is 0 Å². The zero-order chi connectivity index (χ0) is 15.8. The topological polar surface area (TPSA) is 84.5 Å². The van der Waals surface area contributed by atoms with Gasteiger partial charge in [0, 0.05) is 11.4 Å². The zero-order valence-electron chi connectivity index (χ0n) is 12.0. The second kappa shape index (κ2) is 8.55. The lowest BCUT2D eigenvalue weighted by molar-refractivity contribution is -0.160. The van der Waals surface area contributed by atoms with E-state index in [9.17, 15) is 14.4 Å². The minimum Gasteiger partial charge on any atom is -0.392 e. The van der Waals surface area contributed by atoms with Gasteiger partial charge in [-0.05, 0) is 31.5 Å². The summed E-state index contributed by atoms with van der Waals surface area (Å²) in [5.41, 5.74) is 0.699. The minimum absolute atomic E-state index is 0.0192. The van der Waals surface area contributed by atoms with Gasteiger partial charge in [-0.15, -0.1) is 0 Å². The second-order valence-electron chi connectivity index (χ2n) is 4.82. The summed E-state index contributed by atoms with van der Waals surface area (Å²) < 4.78 is 4.75. The van der Waals surface area contributed by atoms with Gasteiger partial charge in [0.1, 0.15) is 6.04 Å². The van der Waals surface area contributed by atoms with Crippen LogP contribution in [0.5, 0.6) is 0 Å².